The van der Waals surface area contributed by atoms with Gasteiger partial charge < -0.3 is 15.3 Å². The summed E-state index contributed by atoms with van der Waals surface area (Å²) in [6, 6.07) is 5.33. The van der Waals surface area contributed by atoms with Crippen molar-refractivity contribution in [3.63, 3.8) is 0 Å². The average molecular weight is 318 g/mol. The van der Waals surface area contributed by atoms with E-state index in [1.54, 1.807) is 37.9 Å². The molecule has 2 N–H and O–H groups in total. The molecule has 0 atom stereocenters. The number of nitrogens with zero attached hydrogens (tertiary/aromatic N) is 1. The molecule has 0 saturated heterocycles. The molecule has 0 fully saturated rings. The normalized spacial score (nSPS) is 14.4. The second-order valence-electron chi connectivity index (χ2n) is 6.81. The van der Waals surface area contributed by atoms with Crippen molar-refractivity contribution in [1.82, 2.24) is 4.90 Å². The van der Waals surface area contributed by atoms with Gasteiger partial charge in [-0.3, -0.25) is 14.4 Å². The first-order valence-electron chi connectivity index (χ1n) is 7.58. The number of carbonyl (C=O) groups is 3. The lowest BCUT2D eigenvalue weighted by atomic mass is 9.85. The highest BCUT2D eigenvalue weighted by molar-refractivity contribution is 5.99. The van der Waals surface area contributed by atoms with Crippen molar-refractivity contribution in [2.45, 2.75) is 33.1 Å². The minimum absolute atomic E-state index is 0.0476. The van der Waals surface area contributed by atoms with E-state index in [0.29, 0.717) is 17.8 Å². The first-order chi connectivity index (χ1) is 10.7. The number of carbonyl (C=O) groups excluding carboxylic acids is 2. The molecule has 0 bridgehead atoms. The number of nitrogens with one attached hydrogen (secondary N) is 1. The number of amides is 2. The fraction of sp³-hybridized carbons (Fsp3) is 0.471. The quantitative estimate of drug-likeness (QED) is 0.871. The predicted molar refractivity (Wildman–Crippen MR) is 86.4 cm³/mol. The number of aliphatic carboxylic acids is 1. The number of fused-ring (bicyclic) bond motifs is 1. The van der Waals surface area contributed by atoms with E-state index in [9.17, 15) is 14.4 Å². The maximum absolute atomic E-state index is 12.2. The van der Waals surface area contributed by atoms with Crippen molar-refractivity contribution >= 4 is 23.5 Å². The van der Waals surface area contributed by atoms with Crippen LogP contribution < -0.4 is 5.32 Å². The van der Waals surface area contributed by atoms with Gasteiger partial charge in [-0.05, 0) is 29.5 Å². The molecule has 1 heterocycles. The molecule has 1 aromatic carbocycles. The number of benzene rings is 1. The van der Waals surface area contributed by atoms with Crippen molar-refractivity contribution in [3.8, 4) is 0 Å². The summed E-state index contributed by atoms with van der Waals surface area (Å²) in [5, 5.41) is 11.6. The van der Waals surface area contributed by atoms with E-state index in [1.165, 1.54) is 0 Å². The molecule has 1 aromatic rings. The highest BCUT2D eigenvalue weighted by Crippen LogP contribution is 2.26. The van der Waals surface area contributed by atoms with Gasteiger partial charge in [0.05, 0.1) is 6.42 Å². The molecule has 6 nitrogen and oxygen atoms in total. The molecule has 0 spiro atoms. The van der Waals surface area contributed by atoms with E-state index in [0.717, 1.165) is 12.0 Å². The molecule has 1 aliphatic heterocycles. The van der Waals surface area contributed by atoms with Crippen molar-refractivity contribution in [2.75, 3.05) is 18.9 Å². The Morgan fingerprint density at radius 2 is 2.00 bits per heavy atom. The zero-order valence-corrected chi connectivity index (χ0v) is 13.7. The van der Waals surface area contributed by atoms with E-state index in [4.69, 9.17) is 5.11 Å². The third-order valence-electron chi connectivity index (χ3n) is 3.96. The Kier molecular flexibility index (Phi) is 4.73. The molecular formula is C17H22N2O4. The van der Waals surface area contributed by atoms with Crippen LogP contribution in [0.3, 0.4) is 0 Å². The van der Waals surface area contributed by atoms with Crippen LogP contribution in [0.2, 0.25) is 0 Å². The van der Waals surface area contributed by atoms with E-state index in [-0.39, 0.29) is 24.7 Å². The lowest BCUT2D eigenvalue weighted by molar-refractivity contribution is -0.139. The summed E-state index contributed by atoms with van der Waals surface area (Å²) < 4.78 is 0. The van der Waals surface area contributed by atoms with Crippen molar-refractivity contribution < 1.29 is 19.5 Å². The van der Waals surface area contributed by atoms with Gasteiger partial charge in [0, 0.05) is 31.3 Å². The Hall–Kier alpha value is -2.37. The number of likely N-dealkylation sites (N-methyl/N-ethyl adjacent to an activating group) is 1. The lowest BCUT2D eigenvalue weighted by Gasteiger charge is -2.25. The Morgan fingerprint density at radius 3 is 2.65 bits per heavy atom. The molecule has 0 radical (unpaired) electrons. The number of carboxylic acids is 1. The predicted octanol–water partition coefficient (Wildman–Crippen LogP) is 2.14. The van der Waals surface area contributed by atoms with Crippen LogP contribution >= 0.6 is 0 Å². The maximum atomic E-state index is 12.2. The zero-order chi connectivity index (χ0) is 17.2. The van der Waals surface area contributed by atoms with Gasteiger partial charge in [-0.25, -0.2) is 0 Å². The molecular weight excluding hydrogens is 296 g/mol. The minimum atomic E-state index is -0.926. The van der Waals surface area contributed by atoms with Gasteiger partial charge in [-0.1, -0.05) is 19.9 Å². The number of hydrogen-bond acceptors (Lipinski definition) is 3. The van der Waals surface area contributed by atoms with E-state index < -0.39 is 11.4 Å². The molecule has 124 valence electrons. The molecule has 0 aromatic heterocycles. The summed E-state index contributed by atoms with van der Waals surface area (Å²) in [5.41, 5.74) is 1.53. The van der Waals surface area contributed by atoms with Crippen LogP contribution in [0.25, 0.3) is 0 Å². The van der Waals surface area contributed by atoms with Crippen molar-refractivity contribution in [3.05, 3.63) is 29.3 Å². The molecule has 2 amide bonds. The van der Waals surface area contributed by atoms with Crippen LogP contribution in [0.15, 0.2) is 18.2 Å². The summed E-state index contributed by atoms with van der Waals surface area (Å²) in [6.45, 7) is 4.18. The smallest absolute Gasteiger partial charge is 0.303 e. The van der Waals surface area contributed by atoms with Gasteiger partial charge in [0.1, 0.15) is 0 Å². The monoisotopic (exact) mass is 318 g/mol. The highest BCUT2D eigenvalue weighted by atomic mass is 16.4. The summed E-state index contributed by atoms with van der Waals surface area (Å²) in [5.74, 6) is -1.23. The molecule has 0 unspecified atom stereocenters. The SMILES string of the molecule is CN1CCc2ccc(NC(=O)CC(C)(C)CC(=O)O)cc2C1=O. The molecule has 0 aliphatic carbocycles. The minimum Gasteiger partial charge on any atom is -0.481 e. The van der Waals surface area contributed by atoms with Gasteiger partial charge in [-0.2, -0.15) is 0 Å². The van der Waals surface area contributed by atoms with Crippen molar-refractivity contribution in [2.24, 2.45) is 5.41 Å². The van der Waals surface area contributed by atoms with Crippen LogP contribution in [-0.4, -0.2) is 41.4 Å². The van der Waals surface area contributed by atoms with Gasteiger partial charge in [0.2, 0.25) is 5.91 Å². The number of anilines is 1. The number of rotatable bonds is 5. The maximum Gasteiger partial charge on any atom is 0.303 e. The third-order valence-corrected chi connectivity index (χ3v) is 3.96. The number of carboxylic acid groups (broad SMARTS) is 1. The van der Waals surface area contributed by atoms with Crippen LogP contribution in [0, 0.1) is 5.41 Å². The topological polar surface area (TPSA) is 86.7 Å². The number of hydrogen-bond donors (Lipinski definition) is 2. The van der Waals surface area contributed by atoms with Gasteiger partial charge in [0.25, 0.3) is 5.91 Å². The lowest BCUT2D eigenvalue weighted by Crippen LogP contribution is -2.34. The molecule has 0 saturated carbocycles. The summed E-state index contributed by atoms with van der Waals surface area (Å²) in [7, 11) is 1.75. The third kappa shape index (κ3) is 4.31. The standard InChI is InChI=1S/C17H22N2O4/c1-17(2,10-15(21)22)9-14(20)18-12-5-4-11-6-7-19(3)16(23)13(11)8-12/h4-5,8H,6-7,9-10H2,1-3H3,(H,18,20)(H,21,22). The van der Waals surface area contributed by atoms with Crippen LogP contribution in [0.1, 0.15) is 42.6 Å². The fourth-order valence-corrected chi connectivity index (χ4v) is 2.78. The zero-order valence-electron chi connectivity index (χ0n) is 13.7. The Balaban J connectivity index is 2.08. The van der Waals surface area contributed by atoms with Crippen LogP contribution in [0.5, 0.6) is 0 Å². The summed E-state index contributed by atoms with van der Waals surface area (Å²) >= 11 is 0. The summed E-state index contributed by atoms with van der Waals surface area (Å²) in [4.78, 5) is 36.7. The Labute approximate surface area is 135 Å². The van der Waals surface area contributed by atoms with Gasteiger partial charge in [0.15, 0.2) is 0 Å². The molecule has 6 heteroatoms. The molecule has 1 aliphatic rings. The largest absolute Gasteiger partial charge is 0.481 e. The fourth-order valence-electron chi connectivity index (χ4n) is 2.78. The van der Waals surface area contributed by atoms with Crippen LogP contribution in [-0.2, 0) is 16.0 Å². The second kappa shape index (κ2) is 6.40. The van der Waals surface area contributed by atoms with E-state index in [2.05, 4.69) is 5.32 Å². The van der Waals surface area contributed by atoms with E-state index >= 15 is 0 Å². The Bertz CT molecular complexity index is 652. The van der Waals surface area contributed by atoms with Crippen molar-refractivity contribution in [1.29, 1.82) is 0 Å². The second-order valence-corrected chi connectivity index (χ2v) is 6.81. The van der Waals surface area contributed by atoms with Gasteiger partial charge in [-0.15, -0.1) is 0 Å². The molecule has 2 rings (SSSR count). The van der Waals surface area contributed by atoms with Gasteiger partial charge >= 0.3 is 5.97 Å². The van der Waals surface area contributed by atoms with E-state index in [1.807, 2.05) is 6.07 Å². The highest BCUT2D eigenvalue weighted by Gasteiger charge is 2.26. The first kappa shape index (κ1) is 17.0. The summed E-state index contributed by atoms with van der Waals surface area (Å²) in [6.07, 6.45) is 0.829. The van der Waals surface area contributed by atoms with Crippen LogP contribution in [0.4, 0.5) is 5.69 Å². The first-order valence-corrected chi connectivity index (χ1v) is 7.58. The molecule has 23 heavy (non-hydrogen) atoms. The Morgan fingerprint density at radius 1 is 1.30 bits per heavy atom. The average Bonchev–Trinajstić information content (AvgIpc) is 2.41.